The SMILES string of the molecule is Cc1ccc(NC(=O)Oc2ccc(C(C)(C)C)s2)cc1Nc1nc2ccccc2n1-c1cc(N)ncn1. The molecule has 0 aliphatic heterocycles. The van der Waals surface area contributed by atoms with Crippen molar-refractivity contribution in [1.29, 1.82) is 0 Å². The molecule has 0 aliphatic rings. The first-order valence-corrected chi connectivity index (χ1v) is 12.5. The predicted molar refractivity (Wildman–Crippen MR) is 148 cm³/mol. The zero-order chi connectivity index (χ0) is 26.2. The number of nitrogens with two attached hydrogens (primary N) is 1. The van der Waals surface area contributed by atoms with Gasteiger partial charge in [-0.1, -0.05) is 39.0 Å². The molecule has 37 heavy (non-hydrogen) atoms. The summed E-state index contributed by atoms with van der Waals surface area (Å²) in [5.74, 6) is 1.50. The largest absolute Gasteiger partial charge is 0.417 e. The lowest BCUT2D eigenvalue weighted by atomic mass is 9.95. The highest BCUT2D eigenvalue weighted by Gasteiger charge is 2.18. The Bertz CT molecular complexity index is 1600. The average Bonchev–Trinajstić information content (AvgIpc) is 3.45. The van der Waals surface area contributed by atoms with Gasteiger partial charge >= 0.3 is 6.09 Å². The van der Waals surface area contributed by atoms with Gasteiger partial charge in [0.1, 0.15) is 18.0 Å². The Hall–Kier alpha value is -4.44. The van der Waals surface area contributed by atoms with Crippen molar-refractivity contribution >= 4 is 51.6 Å². The number of aromatic nitrogens is 4. The number of benzene rings is 2. The zero-order valence-corrected chi connectivity index (χ0v) is 21.8. The second-order valence-corrected chi connectivity index (χ2v) is 10.6. The fraction of sp³-hybridized carbons (Fsp3) is 0.185. The van der Waals surface area contributed by atoms with Gasteiger partial charge in [0.05, 0.1) is 11.0 Å². The normalized spacial score (nSPS) is 11.5. The fourth-order valence-corrected chi connectivity index (χ4v) is 4.71. The van der Waals surface area contributed by atoms with Crippen molar-refractivity contribution in [3.63, 3.8) is 0 Å². The van der Waals surface area contributed by atoms with E-state index in [-0.39, 0.29) is 5.41 Å². The second kappa shape index (κ2) is 9.55. The number of carbonyl (C=O) groups excluding carboxylic acids is 1. The molecule has 3 aromatic heterocycles. The van der Waals surface area contributed by atoms with Crippen molar-refractivity contribution in [3.8, 4) is 10.9 Å². The molecule has 3 heterocycles. The highest BCUT2D eigenvalue weighted by molar-refractivity contribution is 7.14. The Labute approximate surface area is 218 Å². The van der Waals surface area contributed by atoms with Crippen LogP contribution in [0.3, 0.4) is 0 Å². The average molecular weight is 514 g/mol. The summed E-state index contributed by atoms with van der Waals surface area (Å²) in [5, 5.41) is 6.75. The highest BCUT2D eigenvalue weighted by Crippen LogP contribution is 2.34. The maximum absolute atomic E-state index is 12.6. The Morgan fingerprint density at radius 1 is 1.05 bits per heavy atom. The van der Waals surface area contributed by atoms with Gasteiger partial charge in [0, 0.05) is 22.3 Å². The molecule has 0 atom stereocenters. The lowest BCUT2D eigenvalue weighted by Crippen LogP contribution is -2.16. The molecule has 1 amide bonds. The third kappa shape index (κ3) is 5.24. The van der Waals surface area contributed by atoms with Crippen LogP contribution in [0.5, 0.6) is 5.06 Å². The van der Waals surface area contributed by atoms with Crippen LogP contribution in [-0.2, 0) is 5.41 Å². The van der Waals surface area contributed by atoms with Gasteiger partial charge in [-0.3, -0.25) is 9.88 Å². The number of ether oxygens (including phenoxy) is 1. The summed E-state index contributed by atoms with van der Waals surface area (Å²) < 4.78 is 7.40. The number of carbonyl (C=O) groups is 1. The minimum Gasteiger partial charge on any atom is -0.399 e. The molecule has 0 saturated heterocycles. The lowest BCUT2D eigenvalue weighted by Gasteiger charge is -2.15. The number of nitrogens with one attached hydrogen (secondary N) is 2. The molecule has 10 heteroatoms. The first-order chi connectivity index (χ1) is 17.7. The second-order valence-electron chi connectivity index (χ2n) is 9.60. The van der Waals surface area contributed by atoms with Crippen molar-refractivity contribution in [3.05, 3.63) is 77.4 Å². The van der Waals surface area contributed by atoms with Crippen LogP contribution in [0.15, 0.2) is 67.0 Å². The summed E-state index contributed by atoms with van der Waals surface area (Å²) in [5.41, 5.74) is 9.89. The smallest absolute Gasteiger partial charge is 0.399 e. The van der Waals surface area contributed by atoms with E-state index in [2.05, 4.69) is 41.4 Å². The van der Waals surface area contributed by atoms with Crippen molar-refractivity contribution < 1.29 is 9.53 Å². The molecule has 0 fully saturated rings. The first kappa shape index (κ1) is 24.3. The number of nitrogens with zero attached hydrogens (tertiary/aromatic N) is 4. The minimum atomic E-state index is -0.555. The number of thiophene rings is 1. The van der Waals surface area contributed by atoms with Crippen LogP contribution in [0.2, 0.25) is 0 Å². The van der Waals surface area contributed by atoms with Gasteiger partial charge in [-0.2, -0.15) is 0 Å². The summed E-state index contributed by atoms with van der Waals surface area (Å²) in [6.07, 6.45) is 0.865. The van der Waals surface area contributed by atoms with Gasteiger partial charge < -0.3 is 15.8 Å². The monoisotopic (exact) mass is 513 g/mol. The number of hydrogen-bond donors (Lipinski definition) is 3. The van der Waals surface area contributed by atoms with E-state index in [9.17, 15) is 4.79 Å². The van der Waals surface area contributed by atoms with Gasteiger partial charge in [0.25, 0.3) is 0 Å². The summed E-state index contributed by atoms with van der Waals surface area (Å²) in [7, 11) is 0. The zero-order valence-electron chi connectivity index (χ0n) is 20.9. The van der Waals surface area contributed by atoms with Crippen LogP contribution in [0.4, 0.5) is 27.9 Å². The maximum atomic E-state index is 12.6. The van der Waals surface area contributed by atoms with Crippen LogP contribution in [0.25, 0.3) is 16.9 Å². The van der Waals surface area contributed by atoms with E-state index in [0.29, 0.717) is 28.3 Å². The van der Waals surface area contributed by atoms with Crippen LogP contribution < -0.4 is 21.1 Å². The topological polar surface area (TPSA) is 120 Å². The Morgan fingerprint density at radius 3 is 2.62 bits per heavy atom. The van der Waals surface area contributed by atoms with Crippen molar-refractivity contribution in [2.24, 2.45) is 0 Å². The van der Waals surface area contributed by atoms with E-state index in [0.717, 1.165) is 27.2 Å². The van der Waals surface area contributed by atoms with Crippen LogP contribution in [0.1, 0.15) is 31.2 Å². The molecular weight excluding hydrogens is 486 g/mol. The maximum Gasteiger partial charge on any atom is 0.417 e. The van der Waals surface area contributed by atoms with E-state index in [1.54, 1.807) is 6.07 Å². The molecule has 0 saturated carbocycles. The van der Waals surface area contributed by atoms with Gasteiger partial charge in [0.2, 0.25) is 5.95 Å². The summed E-state index contributed by atoms with van der Waals surface area (Å²) in [6, 6.07) is 18.8. The van der Waals surface area contributed by atoms with Crippen LogP contribution in [0, 0.1) is 6.92 Å². The summed E-state index contributed by atoms with van der Waals surface area (Å²) in [6.45, 7) is 8.34. The minimum absolute atomic E-state index is 0.00567. The number of hydrogen-bond acceptors (Lipinski definition) is 8. The number of aryl methyl sites for hydroxylation is 1. The first-order valence-electron chi connectivity index (χ1n) is 11.7. The molecule has 0 bridgehead atoms. The van der Waals surface area contributed by atoms with Crippen molar-refractivity contribution in [1.82, 2.24) is 19.5 Å². The lowest BCUT2D eigenvalue weighted by molar-refractivity contribution is 0.216. The van der Waals surface area contributed by atoms with Gasteiger partial charge in [-0.05, 0) is 54.3 Å². The molecule has 0 spiro atoms. The van der Waals surface area contributed by atoms with Crippen LogP contribution in [-0.4, -0.2) is 25.6 Å². The van der Waals surface area contributed by atoms with E-state index in [1.165, 1.54) is 17.7 Å². The Morgan fingerprint density at radius 2 is 1.86 bits per heavy atom. The molecule has 4 N–H and O–H groups in total. The molecule has 188 valence electrons. The summed E-state index contributed by atoms with van der Waals surface area (Å²) >= 11 is 1.46. The molecule has 0 aliphatic carbocycles. The molecule has 5 aromatic rings. The molecule has 9 nitrogen and oxygen atoms in total. The molecular formula is C27H27N7O2S. The predicted octanol–water partition coefficient (Wildman–Crippen LogP) is 6.42. The quantitative estimate of drug-likeness (QED) is 0.248. The van der Waals surface area contributed by atoms with Crippen molar-refractivity contribution in [2.75, 3.05) is 16.4 Å². The van der Waals surface area contributed by atoms with E-state index < -0.39 is 6.09 Å². The Balaban J connectivity index is 1.41. The fourth-order valence-electron chi connectivity index (χ4n) is 3.79. The molecule has 5 rings (SSSR count). The molecule has 2 aromatic carbocycles. The molecule has 0 radical (unpaired) electrons. The number of nitrogen functional groups attached to an aromatic ring is 1. The van der Waals surface area contributed by atoms with Gasteiger partial charge in [-0.15, -0.1) is 11.3 Å². The highest BCUT2D eigenvalue weighted by atomic mass is 32.1. The standard InChI is InChI=1S/C27H27N7O2S/c1-16-9-10-17(31-26(35)36-24-12-11-21(37-24)27(2,3)4)13-19(16)33-25-32-18-7-5-6-8-20(18)34(25)23-14-22(28)29-15-30-23/h5-15H,1-4H3,(H,31,35)(H,32,33)(H2,28,29,30). The van der Waals surface area contributed by atoms with E-state index in [1.807, 2.05) is 66.1 Å². The number of amides is 1. The van der Waals surface area contributed by atoms with E-state index in [4.69, 9.17) is 15.5 Å². The number of imidazole rings is 1. The van der Waals surface area contributed by atoms with Gasteiger partial charge in [-0.25, -0.2) is 19.7 Å². The number of anilines is 4. The Kier molecular flexibility index (Phi) is 6.26. The van der Waals surface area contributed by atoms with Crippen molar-refractivity contribution in [2.45, 2.75) is 33.1 Å². The number of fused-ring (bicyclic) bond motifs is 1. The number of para-hydroxylation sites is 2. The van der Waals surface area contributed by atoms with E-state index >= 15 is 0 Å². The summed E-state index contributed by atoms with van der Waals surface area (Å²) in [4.78, 5) is 26.9. The van der Waals surface area contributed by atoms with Crippen LogP contribution >= 0.6 is 11.3 Å². The van der Waals surface area contributed by atoms with Gasteiger partial charge in [0.15, 0.2) is 5.06 Å². The number of rotatable bonds is 5. The third-order valence-corrected chi connectivity index (χ3v) is 7.10. The third-order valence-electron chi connectivity index (χ3n) is 5.71. The molecule has 0 unspecified atom stereocenters.